The van der Waals surface area contributed by atoms with E-state index in [1.54, 1.807) is 6.07 Å². The van der Waals surface area contributed by atoms with E-state index in [9.17, 15) is 31.1 Å². The summed E-state index contributed by atoms with van der Waals surface area (Å²) in [6.45, 7) is 0. The third kappa shape index (κ3) is 5.76. The zero-order chi connectivity index (χ0) is 25.5. The van der Waals surface area contributed by atoms with Crippen molar-refractivity contribution < 1.29 is 35.9 Å². The number of amides is 1. The number of nitrogens with zero attached hydrogens (tertiary/aromatic N) is 2. The molecule has 0 unspecified atom stereocenters. The third-order valence-corrected chi connectivity index (χ3v) is 5.85. The molecule has 1 aliphatic heterocycles. The maximum atomic E-state index is 13.8. The van der Waals surface area contributed by atoms with Crippen molar-refractivity contribution in [2.45, 2.75) is 31.0 Å². The molecule has 0 saturated carbocycles. The van der Waals surface area contributed by atoms with Gasteiger partial charge in [-0.15, -0.1) is 13.2 Å². The quantitative estimate of drug-likeness (QED) is 0.351. The smallest absolute Gasteiger partial charge is 0.406 e. The lowest BCUT2D eigenvalue weighted by Gasteiger charge is -2.33. The number of ether oxygens (including phenoxy) is 1. The SMILES string of the molecule is O=C(Nc1ccc(OC(F)(F)F)cc1)c1cc2n(n1)[C@@H](C(F)(F)F)C[C@H](c1ccc(Cl)c(Cl)c1)N2. The second-order valence-electron chi connectivity index (χ2n) is 7.55. The van der Waals surface area contributed by atoms with Gasteiger partial charge in [0, 0.05) is 18.2 Å². The molecule has 2 atom stereocenters. The van der Waals surface area contributed by atoms with Crippen LogP contribution in [0.15, 0.2) is 48.5 Å². The van der Waals surface area contributed by atoms with E-state index in [2.05, 4.69) is 20.5 Å². The minimum absolute atomic E-state index is 0.0475. The van der Waals surface area contributed by atoms with Gasteiger partial charge in [0.25, 0.3) is 5.91 Å². The van der Waals surface area contributed by atoms with Crippen LogP contribution in [0.1, 0.15) is 34.6 Å². The largest absolute Gasteiger partial charge is 0.573 e. The molecule has 0 aliphatic carbocycles. The summed E-state index contributed by atoms with van der Waals surface area (Å²) < 4.78 is 82.8. The van der Waals surface area contributed by atoms with Gasteiger partial charge in [0.15, 0.2) is 11.7 Å². The van der Waals surface area contributed by atoms with Crippen LogP contribution in [0.3, 0.4) is 0 Å². The van der Waals surface area contributed by atoms with Gasteiger partial charge in [0.2, 0.25) is 0 Å². The molecule has 2 N–H and O–H groups in total. The van der Waals surface area contributed by atoms with E-state index in [1.807, 2.05) is 0 Å². The lowest BCUT2D eigenvalue weighted by molar-refractivity contribution is -0.274. The van der Waals surface area contributed by atoms with Gasteiger partial charge in [-0.25, -0.2) is 4.68 Å². The highest BCUT2D eigenvalue weighted by Crippen LogP contribution is 2.44. The molecule has 4 rings (SSSR count). The van der Waals surface area contributed by atoms with Crippen LogP contribution >= 0.6 is 23.2 Å². The fourth-order valence-corrected chi connectivity index (χ4v) is 3.87. The predicted octanol–water partition coefficient (Wildman–Crippen LogP) is 7.00. The molecular weight excluding hydrogens is 525 g/mol. The van der Waals surface area contributed by atoms with Crippen molar-refractivity contribution >= 4 is 40.6 Å². The standard InChI is InChI=1S/C21H14Cl2F6N4O2/c22-13-6-1-10(7-14(13)23)15-8-17(20(24,25)26)33-18(31-15)9-16(32-33)19(34)30-11-2-4-12(5-3-11)35-21(27,28)29/h1-7,9,15,17,31H,8H2,(H,30,34)/t15-,17-/m1/s1. The molecule has 0 spiro atoms. The van der Waals surface area contributed by atoms with Crippen molar-refractivity contribution in [3.05, 3.63) is 69.8 Å². The second-order valence-corrected chi connectivity index (χ2v) is 8.36. The van der Waals surface area contributed by atoms with Crippen molar-refractivity contribution in [2.75, 3.05) is 10.6 Å². The summed E-state index contributed by atoms with van der Waals surface area (Å²) in [6.07, 6.45) is -9.96. The van der Waals surface area contributed by atoms with E-state index >= 15 is 0 Å². The Kier molecular flexibility index (Phi) is 6.54. The number of nitrogens with one attached hydrogen (secondary N) is 2. The summed E-state index contributed by atoms with van der Waals surface area (Å²) in [5, 5.41) is 9.55. The van der Waals surface area contributed by atoms with Crippen LogP contribution < -0.4 is 15.4 Å². The Hall–Kier alpha value is -3.12. The molecule has 0 bridgehead atoms. The molecule has 35 heavy (non-hydrogen) atoms. The predicted molar refractivity (Wildman–Crippen MR) is 116 cm³/mol. The Labute approximate surface area is 203 Å². The number of fused-ring (bicyclic) bond motifs is 1. The average Bonchev–Trinajstić information content (AvgIpc) is 3.19. The number of carbonyl (C=O) groups is 1. The normalized spacial score (nSPS) is 17.9. The Morgan fingerprint density at radius 1 is 1.03 bits per heavy atom. The van der Waals surface area contributed by atoms with Crippen LogP contribution in [-0.4, -0.2) is 28.2 Å². The zero-order valence-corrected chi connectivity index (χ0v) is 18.7. The highest BCUT2D eigenvalue weighted by molar-refractivity contribution is 6.42. The summed E-state index contributed by atoms with van der Waals surface area (Å²) in [4.78, 5) is 12.6. The molecule has 186 valence electrons. The van der Waals surface area contributed by atoms with Crippen LogP contribution in [0.5, 0.6) is 5.75 Å². The van der Waals surface area contributed by atoms with Gasteiger partial charge in [0.05, 0.1) is 16.1 Å². The van der Waals surface area contributed by atoms with Crippen LogP contribution in [0.25, 0.3) is 0 Å². The van der Waals surface area contributed by atoms with Crippen molar-refractivity contribution in [1.29, 1.82) is 0 Å². The van der Waals surface area contributed by atoms with E-state index < -0.39 is 42.7 Å². The number of alkyl halides is 6. The molecule has 1 aromatic heterocycles. The number of anilines is 2. The first kappa shape index (κ1) is 25.0. The molecule has 3 aromatic rings. The number of rotatable bonds is 4. The van der Waals surface area contributed by atoms with Crippen molar-refractivity contribution in [3.8, 4) is 5.75 Å². The van der Waals surface area contributed by atoms with Gasteiger partial charge in [-0.2, -0.15) is 18.3 Å². The first-order valence-electron chi connectivity index (χ1n) is 9.85. The highest BCUT2D eigenvalue weighted by atomic mass is 35.5. The van der Waals surface area contributed by atoms with Gasteiger partial charge in [0.1, 0.15) is 11.6 Å². The fourth-order valence-electron chi connectivity index (χ4n) is 3.57. The van der Waals surface area contributed by atoms with Crippen LogP contribution in [-0.2, 0) is 0 Å². The number of hydrogen-bond donors (Lipinski definition) is 2. The van der Waals surface area contributed by atoms with Crippen molar-refractivity contribution in [2.24, 2.45) is 0 Å². The van der Waals surface area contributed by atoms with E-state index in [-0.39, 0.29) is 27.2 Å². The number of halogens is 8. The van der Waals surface area contributed by atoms with E-state index in [0.717, 1.165) is 30.3 Å². The van der Waals surface area contributed by atoms with E-state index in [1.165, 1.54) is 12.1 Å². The molecule has 1 aliphatic rings. The van der Waals surface area contributed by atoms with Gasteiger partial charge in [-0.05, 0) is 42.0 Å². The minimum atomic E-state index is -4.88. The zero-order valence-electron chi connectivity index (χ0n) is 17.2. The second kappa shape index (κ2) is 9.15. The Morgan fingerprint density at radius 3 is 2.31 bits per heavy atom. The molecule has 2 aromatic carbocycles. The maximum Gasteiger partial charge on any atom is 0.573 e. The van der Waals surface area contributed by atoms with E-state index in [4.69, 9.17) is 23.2 Å². The Bertz CT molecular complexity index is 1240. The number of benzene rings is 2. The Balaban J connectivity index is 1.56. The molecule has 2 heterocycles. The van der Waals surface area contributed by atoms with Crippen molar-refractivity contribution in [3.63, 3.8) is 0 Å². The van der Waals surface area contributed by atoms with Crippen LogP contribution in [0, 0.1) is 0 Å². The summed E-state index contributed by atoms with van der Waals surface area (Å²) in [5.74, 6) is -1.41. The Morgan fingerprint density at radius 2 is 1.71 bits per heavy atom. The molecule has 0 radical (unpaired) electrons. The molecule has 0 saturated heterocycles. The van der Waals surface area contributed by atoms with Gasteiger partial charge in [-0.1, -0.05) is 29.3 Å². The third-order valence-electron chi connectivity index (χ3n) is 5.11. The molecule has 0 fully saturated rings. The summed E-state index contributed by atoms with van der Waals surface area (Å²) in [5.41, 5.74) is 0.227. The van der Waals surface area contributed by atoms with Gasteiger partial charge >= 0.3 is 12.5 Å². The number of carbonyl (C=O) groups excluding carboxylic acids is 1. The number of hydrogen-bond acceptors (Lipinski definition) is 4. The maximum absolute atomic E-state index is 13.8. The van der Waals surface area contributed by atoms with Crippen LogP contribution in [0.4, 0.5) is 37.8 Å². The topological polar surface area (TPSA) is 68.2 Å². The summed E-state index contributed by atoms with van der Waals surface area (Å²) >= 11 is 11.9. The first-order chi connectivity index (χ1) is 16.3. The molecule has 6 nitrogen and oxygen atoms in total. The molecular formula is C21H14Cl2F6N4O2. The summed E-state index contributed by atoms with van der Waals surface area (Å²) in [7, 11) is 0. The highest BCUT2D eigenvalue weighted by Gasteiger charge is 2.47. The lowest BCUT2D eigenvalue weighted by atomic mass is 9.97. The molecule has 1 amide bonds. The van der Waals surface area contributed by atoms with Crippen molar-refractivity contribution in [1.82, 2.24) is 9.78 Å². The van der Waals surface area contributed by atoms with Gasteiger partial charge < -0.3 is 15.4 Å². The van der Waals surface area contributed by atoms with Crippen LogP contribution in [0.2, 0.25) is 10.0 Å². The first-order valence-corrected chi connectivity index (χ1v) is 10.6. The summed E-state index contributed by atoms with van der Waals surface area (Å²) in [6, 6.07) is 7.05. The fraction of sp³-hybridized carbons (Fsp3) is 0.238. The lowest BCUT2D eigenvalue weighted by Crippen LogP contribution is -2.35. The monoisotopic (exact) mass is 538 g/mol. The molecule has 14 heteroatoms. The van der Waals surface area contributed by atoms with Gasteiger partial charge in [-0.3, -0.25) is 4.79 Å². The minimum Gasteiger partial charge on any atom is -0.406 e. The van der Waals surface area contributed by atoms with E-state index in [0.29, 0.717) is 10.2 Å². The average molecular weight is 539 g/mol. The number of aromatic nitrogens is 2.